The van der Waals surface area contributed by atoms with Gasteiger partial charge >= 0.3 is 0 Å². The fourth-order valence-electron chi connectivity index (χ4n) is 2.43. The summed E-state index contributed by atoms with van der Waals surface area (Å²) < 4.78 is 1.94. The lowest BCUT2D eigenvalue weighted by molar-refractivity contribution is -0.127. The standard InChI is InChI=1S/C18H20N4OS2/c1-13-7-4-5-8-14(13)11-21(2)16(23)12-25-18-20-19-17(22(18)3)15-9-6-10-24-15/h4-10H,11-12H2,1-3H3. The lowest BCUT2D eigenvalue weighted by Gasteiger charge is -2.18. The fraction of sp³-hybridized carbons (Fsp3) is 0.278. The van der Waals surface area contributed by atoms with Gasteiger partial charge in [0.15, 0.2) is 11.0 Å². The van der Waals surface area contributed by atoms with Gasteiger partial charge in [-0.1, -0.05) is 42.1 Å². The summed E-state index contributed by atoms with van der Waals surface area (Å²) >= 11 is 3.05. The lowest BCUT2D eigenvalue weighted by atomic mass is 10.1. The second-order valence-electron chi connectivity index (χ2n) is 5.81. The van der Waals surface area contributed by atoms with Crippen molar-refractivity contribution in [3.8, 4) is 10.7 Å². The Morgan fingerprint density at radius 2 is 2.04 bits per heavy atom. The van der Waals surface area contributed by atoms with Crippen LogP contribution in [0.1, 0.15) is 11.1 Å². The second kappa shape index (κ2) is 7.84. The molecule has 0 N–H and O–H groups in total. The van der Waals surface area contributed by atoms with Crippen LogP contribution in [-0.4, -0.2) is 38.4 Å². The number of aromatic nitrogens is 3. The molecular formula is C18H20N4OS2. The zero-order valence-corrected chi connectivity index (χ0v) is 16.1. The number of rotatable bonds is 6. The van der Waals surface area contributed by atoms with Crippen molar-refractivity contribution < 1.29 is 4.79 Å². The predicted molar refractivity (Wildman–Crippen MR) is 103 cm³/mol. The third-order valence-electron chi connectivity index (χ3n) is 4.00. The van der Waals surface area contributed by atoms with E-state index in [0.717, 1.165) is 15.9 Å². The highest BCUT2D eigenvalue weighted by Crippen LogP contribution is 2.26. The first-order chi connectivity index (χ1) is 12.1. The first-order valence-electron chi connectivity index (χ1n) is 7.91. The molecule has 0 atom stereocenters. The highest BCUT2D eigenvalue weighted by atomic mass is 32.2. The van der Waals surface area contributed by atoms with E-state index in [-0.39, 0.29) is 5.91 Å². The predicted octanol–water partition coefficient (Wildman–Crippen LogP) is 3.60. The number of thiophene rings is 1. The number of hydrogen-bond donors (Lipinski definition) is 0. The molecule has 1 aromatic carbocycles. The number of aryl methyl sites for hydroxylation is 1. The summed E-state index contributed by atoms with van der Waals surface area (Å²) in [6, 6.07) is 12.1. The van der Waals surface area contributed by atoms with Crippen molar-refractivity contribution >= 4 is 29.0 Å². The van der Waals surface area contributed by atoms with Crippen molar-refractivity contribution in [3.63, 3.8) is 0 Å². The summed E-state index contributed by atoms with van der Waals surface area (Å²) in [5.74, 6) is 1.26. The van der Waals surface area contributed by atoms with Gasteiger partial charge in [-0.3, -0.25) is 4.79 Å². The highest BCUT2D eigenvalue weighted by molar-refractivity contribution is 7.99. The van der Waals surface area contributed by atoms with Crippen LogP contribution in [0.15, 0.2) is 46.9 Å². The number of hydrogen-bond acceptors (Lipinski definition) is 5. The Kier molecular flexibility index (Phi) is 5.55. The molecule has 7 heteroatoms. The van der Waals surface area contributed by atoms with Gasteiger partial charge < -0.3 is 9.47 Å². The van der Waals surface area contributed by atoms with Crippen LogP contribution in [0.25, 0.3) is 10.7 Å². The molecule has 0 radical (unpaired) electrons. The average Bonchev–Trinajstić information content (AvgIpc) is 3.24. The number of thioether (sulfide) groups is 1. The summed E-state index contributed by atoms with van der Waals surface area (Å²) in [7, 11) is 3.77. The molecule has 2 aromatic heterocycles. The Morgan fingerprint density at radius 3 is 2.76 bits per heavy atom. The number of amides is 1. The molecule has 130 valence electrons. The maximum Gasteiger partial charge on any atom is 0.233 e. The molecule has 0 aliphatic rings. The first-order valence-corrected chi connectivity index (χ1v) is 9.77. The van der Waals surface area contributed by atoms with Crippen LogP contribution >= 0.6 is 23.1 Å². The smallest absolute Gasteiger partial charge is 0.233 e. The van der Waals surface area contributed by atoms with Gasteiger partial charge in [0.25, 0.3) is 0 Å². The SMILES string of the molecule is Cc1ccccc1CN(C)C(=O)CSc1nnc(-c2cccs2)n1C. The fourth-order valence-corrected chi connectivity index (χ4v) is 4.02. The number of benzene rings is 1. The quantitative estimate of drug-likeness (QED) is 0.620. The molecule has 1 amide bonds. The highest BCUT2D eigenvalue weighted by Gasteiger charge is 2.15. The molecule has 0 bridgehead atoms. The summed E-state index contributed by atoms with van der Waals surface area (Å²) in [4.78, 5) is 15.3. The van der Waals surface area contributed by atoms with Crippen LogP contribution in [0.3, 0.4) is 0 Å². The Balaban J connectivity index is 1.60. The second-order valence-corrected chi connectivity index (χ2v) is 7.70. The zero-order valence-electron chi connectivity index (χ0n) is 14.5. The van der Waals surface area contributed by atoms with E-state index in [1.54, 1.807) is 16.2 Å². The van der Waals surface area contributed by atoms with Crippen molar-refractivity contribution in [2.75, 3.05) is 12.8 Å². The average molecular weight is 373 g/mol. The van der Waals surface area contributed by atoms with Gasteiger partial charge in [0, 0.05) is 20.6 Å². The van der Waals surface area contributed by atoms with Crippen molar-refractivity contribution in [1.82, 2.24) is 19.7 Å². The molecule has 5 nitrogen and oxygen atoms in total. The number of nitrogens with zero attached hydrogens (tertiary/aromatic N) is 4. The Hall–Kier alpha value is -2.12. The monoisotopic (exact) mass is 372 g/mol. The maximum absolute atomic E-state index is 12.4. The normalized spacial score (nSPS) is 10.8. The van der Waals surface area contributed by atoms with Crippen molar-refractivity contribution in [2.24, 2.45) is 7.05 Å². The topological polar surface area (TPSA) is 51.0 Å². The Labute approximate surface area is 155 Å². The number of carbonyl (C=O) groups excluding carboxylic acids is 1. The van der Waals surface area contributed by atoms with Crippen LogP contribution in [0, 0.1) is 6.92 Å². The summed E-state index contributed by atoms with van der Waals surface area (Å²) in [6.07, 6.45) is 0. The van der Waals surface area contributed by atoms with Crippen LogP contribution in [0.2, 0.25) is 0 Å². The largest absolute Gasteiger partial charge is 0.341 e. The number of carbonyl (C=O) groups is 1. The molecule has 2 heterocycles. The van der Waals surface area contributed by atoms with E-state index in [4.69, 9.17) is 0 Å². The molecule has 25 heavy (non-hydrogen) atoms. The minimum atomic E-state index is 0.0777. The summed E-state index contributed by atoms with van der Waals surface area (Å²) in [6.45, 7) is 2.68. The molecule has 0 saturated heterocycles. The van der Waals surface area contributed by atoms with Crippen molar-refractivity contribution in [2.45, 2.75) is 18.6 Å². The van der Waals surface area contributed by atoms with Crippen LogP contribution in [-0.2, 0) is 18.4 Å². The van der Waals surface area contributed by atoms with E-state index in [2.05, 4.69) is 29.3 Å². The van der Waals surface area contributed by atoms with E-state index in [1.165, 1.54) is 22.9 Å². The van der Waals surface area contributed by atoms with E-state index in [1.807, 2.05) is 48.3 Å². The lowest BCUT2D eigenvalue weighted by Crippen LogP contribution is -2.28. The third kappa shape index (κ3) is 4.11. The Morgan fingerprint density at radius 1 is 1.24 bits per heavy atom. The molecule has 3 rings (SSSR count). The molecule has 0 unspecified atom stereocenters. The van der Waals surface area contributed by atoms with E-state index < -0.39 is 0 Å². The minimum Gasteiger partial charge on any atom is -0.341 e. The van der Waals surface area contributed by atoms with Gasteiger partial charge in [-0.05, 0) is 29.5 Å². The van der Waals surface area contributed by atoms with Crippen molar-refractivity contribution in [3.05, 3.63) is 52.9 Å². The van der Waals surface area contributed by atoms with Gasteiger partial charge in [-0.15, -0.1) is 21.5 Å². The molecule has 0 spiro atoms. The molecular weight excluding hydrogens is 352 g/mol. The molecule has 0 aliphatic heterocycles. The maximum atomic E-state index is 12.4. The van der Waals surface area contributed by atoms with Gasteiger partial charge in [0.05, 0.1) is 10.6 Å². The van der Waals surface area contributed by atoms with Gasteiger partial charge in [0.2, 0.25) is 5.91 Å². The Bertz CT molecular complexity index is 858. The molecule has 3 aromatic rings. The van der Waals surface area contributed by atoms with E-state index in [0.29, 0.717) is 12.3 Å². The third-order valence-corrected chi connectivity index (χ3v) is 5.87. The van der Waals surface area contributed by atoms with Gasteiger partial charge in [-0.2, -0.15) is 0 Å². The first kappa shape index (κ1) is 17.7. The van der Waals surface area contributed by atoms with Gasteiger partial charge in [0.1, 0.15) is 0 Å². The van der Waals surface area contributed by atoms with Crippen LogP contribution < -0.4 is 0 Å². The van der Waals surface area contributed by atoms with Crippen LogP contribution in [0.4, 0.5) is 0 Å². The molecule has 0 aliphatic carbocycles. The molecule has 0 fully saturated rings. The van der Waals surface area contributed by atoms with E-state index >= 15 is 0 Å². The van der Waals surface area contributed by atoms with Crippen LogP contribution in [0.5, 0.6) is 0 Å². The molecule has 0 saturated carbocycles. The summed E-state index contributed by atoms with van der Waals surface area (Å²) in [5, 5.41) is 11.2. The van der Waals surface area contributed by atoms with E-state index in [9.17, 15) is 4.79 Å². The van der Waals surface area contributed by atoms with Crippen molar-refractivity contribution in [1.29, 1.82) is 0 Å². The zero-order chi connectivity index (χ0) is 17.8. The summed E-state index contributed by atoms with van der Waals surface area (Å²) in [5.41, 5.74) is 2.37. The minimum absolute atomic E-state index is 0.0777. The van der Waals surface area contributed by atoms with Gasteiger partial charge in [-0.25, -0.2) is 0 Å².